The van der Waals surface area contributed by atoms with E-state index in [1.54, 1.807) is 25.2 Å². The highest BCUT2D eigenvalue weighted by Gasteiger charge is 2.24. The lowest BCUT2D eigenvalue weighted by atomic mass is 10.2. The molecule has 0 aromatic heterocycles. The van der Waals surface area contributed by atoms with Crippen molar-refractivity contribution in [2.45, 2.75) is 12.3 Å². The van der Waals surface area contributed by atoms with Gasteiger partial charge in [-0.2, -0.15) is 8.78 Å². The van der Waals surface area contributed by atoms with Crippen molar-refractivity contribution in [1.29, 1.82) is 0 Å². The molecule has 4 nitrogen and oxygen atoms in total. The molecule has 16 heavy (non-hydrogen) atoms. The number of anilines is 1. The summed E-state index contributed by atoms with van der Waals surface area (Å²) in [6.07, 6.45) is 0. The third-order valence-corrected chi connectivity index (χ3v) is 2.84. The van der Waals surface area contributed by atoms with E-state index < -0.39 is 15.8 Å². The zero-order valence-electron chi connectivity index (χ0n) is 8.57. The fourth-order valence-corrected chi connectivity index (χ4v) is 1.76. The Morgan fingerprint density at radius 3 is 2.50 bits per heavy atom. The summed E-state index contributed by atoms with van der Waals surface area (Å²) in [7, 11) is -2.92. The van der Waals surface area contributed by atoms with Crippen LogP contribution in [0.2, 0.25) is 0 Å². The zero-order valence-corrected chi connectivity index (χ0v) is 9.39. The molecule has 0 amide bonds. The lowest BCUT2D eigenvalue weighted by Gasteiger charge is -2.11. The number of rotatable bonds is 5. The van der Waals surface area contributed by atoms with Crippen molar-refractivity contribution >= 4 is 15.7 Å². The van der Waals surface area contributed by atoms with Crippen LogP contribution < -0.4 is 10.0 Å². The zero-order chi connectivity index (χ0) is 12.2. The Balaban J connectivity index is 2.97. The quantitative estimate of drug-likeness (QED) is 0.829. The van der Waals surface area contributed by atoms with Gasteiger partial charge in [0.2, 0.25) is 0 Å². The summed E-state index contributed by atoms with van der Waals surface area (Å²) in [5, 5.41) is 2.82. The highest BCUT2D eigenvalue weighted by molar-refractivity contribution is 7.93. The van der Waals surface area contributed by atoms with E-state index in [0.29, 0.717) is 12.1 Å². The molecule has 0 bridgehead atoms. The van der Waals surface area contributed by atoms with Crippen LogP contribution in [-0.4, -0.2) is 21.2 Å². The summed E-state index contributed by atoms with van der Waals surface area (Å²) in [6.45, 7) is 0.391. The molecule has 0 aliphatic carbocycles. The summed E-state index contributed by atoms with van der Waals surface area (Å²) in [6, 6.07) is 6.36. The predicted molar refractivity (Wildman–Crippen MR) is 57.8 cm³/mol. The van der Waals surface area contributed by atoms with E-state index in [1.807, 2.05) is 4.72 Å². The van der Waals surface area contributed by atoms with Gasteiger partial charge in [-0.3, -0.25) is 4.72 Å². The van der Waals surface area contributed by atoms with Crippen molar-refractivity contribution in [1.82, 2.24) is 5.32 Å². The van der Waals surface area contributed by atoms with Gasteiger partial charge in [-0.25, -0.2) is 8.42 Å². The van der Waals surface area contributed by atoms with Crippen LogP contribution in [0.15, 0.2) is 24.3 Å². The minimum atomic E-state index is -4.60. The molecule has 0 atom stereocenters. The molecular weight excluding hydrogens is 238 g/mol. The minimum absolute atomic E-state index is 0.164. The molecule has 0 aliphatic rings. The lowest BCUT2D eigenvalue weighted by Crippen LogP contribution is -2.22. The van der Waals surface area contributed by atoms with Gasteiger partial charge >= 0.3 is 5.76 Å². The van der Waals surface area contributed by atoms with Gasteiger partial charge < -0.3 is 5.32 Å². The minimum Gasteiger partial charge on any atom is -0.316 e. The highest BCUT2D eigenvalue weighted by atomic mass is 32.2. The van der Waals surface area contributed by atoms with Gasteiger partial charge in [0, 0.05) is 6.54 Å². The molecule has 0 saturated heterocycles. The summed E-state index contributed by atoms with van der Waals surface area (Å²) >= 11 is 0. The Bertz CT molecular complexity index is 449. The molecule has 0 radical (unpaired) electrons. The first-order valence-electron chi connectivity index (χ1n) is 4.49. The number of hydrogen-bond donors (Lipinski definition) is 2. The van der Waals surface area contributed by atoms with Crippen LogP contribution in [0.4, 0.5) is 14.5 Å². The topological polar surface area (TPSA) is 58.2 Å². The molecular formula is C9H12F2N2O2S. The van der Waals surface area contributed by atoms with Crippen molar-refractivity contribution in [2.24, 2.45) is 0 Å². The number of hydrogen-bond acceptors (Lipinski definition) is 3. The Morgan fingerprint density at radius 2 is 1.94 bits per heavy atom. The smallest absolute Gasteiger partial charge is 0.316 e. The van der Waals surface area contributed by atoms with Gasteiger partial charge in [0.25, 0.3) is 10.0 Å². The first-order valence-corrected chi connectivity index (χ1v) is 6.04. The van der Waals surface area contributed by atoms with E-state index >= 15 is 0 Å². The van der Waals surface area contributed by atoms with Gasteiger partial charge in [-0.15, -0.1) is 0 Å². The fourth-order valence-electron chi connectivity index (χ4n) is 1.16. The van der Waals surface area contributed by atoms with E-state index in [0.717, 1.165) is 0 Å². The van der Waals surface area contributed by atoms with Crippen LogP contribution in [0.1, 0.15) is 5.56 Å². The van der Waals surface area contributed by atoms with Gasteiger partial charge in [-0.05, 0) is 18.7 Å². The van der Waals surface area contributed by atoms with Crippen LogP contribution in [0.25, 0.3) is 0 Å². The Hall–Kier alpha value is -1.21. The SMILES string of the molecule is CNCc1ccccc1NS(=O)(=O)C(F)F. The maximum atomic E-state index is 12.1. The van der Waals surface area contributed by atoms with Crippen LogP contribution in [0, 0.1) is 0 Å². The van der Waals surface area contributed by atoms with Crippen LogP contribution in [0.3, 0.4) is 0 Å². The summed E-state index contributed by atoms with van der Waals surface area (Å²) in [4.78, 5) is 0. The molecule has 0 fully saturated rings. The number of benzene rings is 1. The lowest BCUT2D eigenvalue weighted by molar-refractivity contribution is 0.236. The second-order valence-electron chi connectivity index (χ2n) is 3.10. The van der Waals surface area contributed by atoms with Gasteiger partial charge in [0.1, 0.15) is 0 Å². The van der Waals surface area contributed by atoms with Crippen LogP contribution in [-0.2, 0) is 16.6 Å². The number of alkyl halides is 2. The van der Waals surface area contributed by atoms with E-state index in [9.17, 15) is 17.2 Å². The van der Waals surface area contributed by atoms with Crippen molar-refractivity contribution in [3.8, 4) is 0 Å². The highest BCUT2D eigenvalue weighted by Crippen LogP contribution is 2.18. The first kappa shape index (κ1) is 12.9. The molecule has 7 heteroatoms. The second kappa shape index (κ2) is 5.22. The summed E-state index contributed by atoms with van der Waals surface area (Å²) in [5.41, 5.74) is 0.770. The maximum Gasteiger partial charge on any atom is 0.355 e. The van der Waals surface area contributed by atoms with E-state index in [2.05, 4.69) is 5.32 Å². The molecule has 1 rings (SSSR count). The molecule has 0 spiro atoms. The molecule has 0 heterocycles. The van der Waals surface area contributed by atoms with Gasteiger partial charge in [0.15, 0.2) is 0 Å². The molecule has 0 saturated carbocycles. The third kappa shape index (κ3) is 3.14. The second-order valence-corrected chi connectivity index (χ2v) is 4.75. The molecule has 2 N–H and O–H groups in total. The number of para-hydroxylation sites is 1. The molecule has 90 valence electrons. The predicted octanol–water partition coefficient (Wildman–Crippen LogP) is 1.37. The molecule has 1 aromatic carbocycles. The Labute approximate surface area is 92.7 Å². The largest absolute Gasteiger partial charge is 0.355 e. The van der Waals surface area contributed by atoms with E-state index in [4.69, 9.17) is 0 Å². The maximum absolute atomic E-state index is 12.1. The van der Waals surface area contributed by atoms with Crippen molar-refractivity contribution < 1.29 is 17.2 Å². The fraction of sp³-hybridized carbons (Fsp3) is 0.333. The Morgan fingerprint density at radius 1 is 1.31 bits per heavy atom. The standard InChI is InChI=1S/C9H12F2N2O2S/c1-12-6-7-4-2-3-5-8(7)13-16(14,15)9(10)11/h2-5,9,12-13H,6H2,1H3. The number of nitrogens with one attached hydrogen (secondary N) is 2. The average Bonchev–Trinajstić information content (AvgIpc) is 2.20. The summed E-state index contributed by atoms with van der Waals surface area (Å²) < 4.78 is 48.1. The monoisotopic (exact) mass is 250 g/mol. The van der Waals surface area contributed by atoms with Gasteiger partial charge in [-0.1, -0.05) is 18.2 Å². The van der Waals surface area contributed by atoms with Crippen molar-refractivity contribution in [2.75, 3.05) is 11.8 Å². The van der Waals surface area contributed by atoms with E-state index in [-0.39, 0.29) is 5.69 Å². The van der Waals surface area contributed by atoms with Gasteiger partial charge in [0.05, 0.1) is 5.69 Å². The van der Waals surface area contributed by atoms with Crippen LogP contribution >= 0.6 is 0 Å². The number of sulfonamides is 1. The third-order valence-electron chi connectivity index (χ3n) is 1.87. The summed E-state index contributed by atoms with van der Waals surface area (Å²) in [5.74, 6) is -3.44. The molecule has 0 unspecified atom stereocenters. The molecule has 1 aromatic rings. The van der Waals surface area contributed by atoms with Crippen molar-refractivity contribution in [3.63, 3.8) is 0 Å². The van der Waals surface area contributed by atoms with Crippen LogP contribution in [0.5, 0.6) is 0 Å². The van der Waals surface area contributed by atoms with Crippen molar-refractivity contribution in [3.05, 3.63) is 29.8 Å². The first-order chi connectivity index (χ1) is 7.47. The average molecular weight is 250 g/mol. The van der Waals surface area contributed by atoms with E-state index in [1.165, 1.54) is 6.07 Å². The Kier molecular flexibility index (Phi) is 4.19. The normalized spacial score (nSPS) is 11.8. The number of halogens is 2. The molecule has 0 aliphatic heterocycles.